The SMILES string of the molecule is Cc1cc(Nc2ncnc3sc4c(c23)CCC(C(=O)N2CCOCC2C)C4)c(OC2CN(C(=O)OC(C)(C)C)C2)cc1C. The monoisotopic (exact) mass is 607 g/mol. The minimum atomic E-state index is -0.532. The van der Waals surface area contributed by atoms with Gasteiger partial charge in [0.25, 0.3) is 0 Å². The van der Waals surface area contributed by atoms with E-state index < -0.39 is 5.60 Å². The van der Waals surface area contributed by atoms with E-state index >= 15 is 0 Å². The predicted octanol–water partition coefficient (Wildman–Crippen LogP) is 5.40. The Balaban J connectivity index is 1.21. The Morgan fingerprint density at radius 2 is 1.91 bits per heavy atom. The fourth-order valence-corrected chi connectivity index (χ4v) is 7.25. The van der Waals surface area contributed by atoms with Crippen LogP contribution in [0.4, 0.5) is 16.3 Å². The molecule has 43 heavy (non-hydrogen) atoms. The summed E-state index contributed by atoms with van der Waals surface area (Å²) in [5.74, 6) is 1.68. The average molecular weight is 608 g/mol. The molecule has 2 atom stereocenters. The van der Waals surface area contributed by atoms with Crippen LogP contribution in [-0.4, -0.2) is 82.4 Å². The number of carbonyl (C=O) groups excluding carboxylic acids is 2. The molecule has 2 amide bonds. The van der Waals surface area contributed by atoms with Gasteiger partial charge in [0.1, 0.15) is 34.4 Å². The lowest BCUT2D eigenvalue weighted by atomic mass is 9.86. The van der Waals surface area contributed by atoms with Crippen molar-refractivity contribution in [1.29, 1.82) is 0 Å². The van der Waals surface area contributed by atoms with Crippen molar-refractivity contribution >= 4 is 45.1 Å². The largest absolute Gasteiger partial charge is 0.485 e. The van der Waals surface area contributed by atoms with Crippen molar-refractivity contribution in [2.75, 3.05) is 38.2 Å². The highest BCUT2D eigenvalue weighted by Crippen LogP contribution is 2.42. The number of likely N-dealkylation sites (tertiary alicyclic amines) is 1. The molecule has 0 saturated carbocycles. The number of aromatic nitrogens is 2. The molecule has 3 aromatic rings. The molecule has 6 rings (SSSR count). The Hall–Kier alpha value is -3.44. The van der Waals surface area contributed by atoms with Crippen molar-refractivity contribution < 1.29 is 23.8 Å². The molecule has 2 unspecified atom stereocenters. The van der Waals surface area contributed by atoms with Gasteiger partial charge in [-0.1, -0.05) is 0 Å². The van der Waals surface area contributed by atoms with E-state index in [0.29, 0.717) is 32.8 Å². The van der Waals surface area contributed by atoms with E-state index in [1.807, 2.05) is 31.7 Å². The van der Waals surface area contributed by atoms with Crippen LogP contribution >= 0.6 is 11.3 Å². The van der Waals surface area contributed by atoms with Crippen molar-refractivity contribution in [3.8, 4) is 5.75 Å². The second-order valence-electron chi connectivity index (χ2n) is 13.0. The number of amides is 2. The predicted molar refractivity (Wildman–Crippen MR) is 166 cm³/mol. The third-order valence-corrected chi connectivity index (χ3v) is 9.65. The first kappa shape index (κ1) is 29.6. The second kappa shape index (κ2) is 11.6. The fourth-order valence-electron chi connectivity index (χ4n) is 5.99. The van der Waals surface area contributed by atoms with Crippen LogP contribution < -0.4 is 10.1 Å². The Morgan fingerprint density at radius 3 is 2.65 bits per heavy atom. The lowest BCUT2D eigenvalue weighted by Crippen LogP contribution is -2.57. The van der Waals surface area contributed by atoms with Crippen LogP contribution in [0, 0.1) is 19.8 Å². The van der Waals surface area contributed by atoms with Crippen molar-refractivity contribution in [3.05, 3.63) is 40.0 Å². The van der Waals surface area contributed by atoms with Crippen LogP contribution in [0.15, 0.2) is 18.5 Å². The molecule has 0 spiro atoms. The molecule has 2 fully saturated rings. The maximum atomic E-state index is 13.4. The van der Waals surface area contributed by atoms with Gasteiger partial charge in [0, 0.05) is 17.3 Å². The highest BCUT2D eigenvalue weighted by Gasteiger charge is 2.36. The van der Waals surface area contributed by atoms with Gasteiger partial charge >= 0.3 is 6.09 Å². The van der Waals surface area contributed by atoms with Gasteiger partial charge in [0.2, 0.25) is 5.91 Å². The summed E-state index contributed by atoms with van der Waals surface area (Å²) in [6.45, 7) is 14.6. The number of thiophene rings is 1. The number of hydrogen-bond acceptors (Lipinski definition) is 9. The summed E-state index contributed by atoms with van der Waals surface area (Å²) in [4.78, 5) is 40.9. The van der Waals surface area contributed by atoms with Crippen LogP contribution in [0.25, 0.3) is 10.2 Å². The van der Waals surface area contributed by atoms with Gasteiger partial charge in [-0.05, 0) is 89.6 Å². The number of carbonyl (C=O) groups is 2. The van der Waals surface area contributed by atoms with Crippen LogP contribution in [0.1, 0.15) is 55.7 Å². The molecule has 4 heterocycles. The number of morpholine rings is 1. The van der Waals surface area contributed by atoms with E-state index in [0.717, 1.165) is 57.9 Å². The molecule has 2 aliphatic heterocycles. The summed E-state index contributed by atoms with van der Waals surface area (Å²) in [5, 5.41) is 4.59. The molecule has 1 N–H and O–H groups in total. The van der Waals surface area contributed by atoms with E-state index in [1.54, 1.807) is 22.6 Å². The minimum Gasteiger partial charge on any atom is -0.485 e. The number of anilines is 2. The van der Waals surface area contributed by atoms with Gasteiger partial charge in [-0.15, -0.1) is 11.3 Å². The third-order valence-electron chi connectivity index (χ3n) is 8.49. The molecule has 0 radical (unpaired) electrons. The normalized spacial score (nSPS) is 20.9. The number of nitrogens with one attached hydrogen (secondary N) is 1. The molecule has 1 aliphatic carbocycles. The summed E-state index contributed by atoms with van der Waals surface area (Å²) in [7, 11) is 0. The van der Waals surface area contributed by atoms with E-state index in [1.165, 1.54) is 10.4 Å². The van der Waals surface area contributed by atoms with Gasteiger partial charge in [-0.3, -0.25) is 4.79 Å². The third kappa shape index (κ3) is 6.15. The van der Waals surface area contributed by atoms with Gasteiger partial charge < -0.3 is 29.3 Å². The van der Waals surface area contributed by atoms with Crippen LogP contribution in [-0.2, 0) is 27.1 Å². The average Bonchev–Trinajstić information content (AvgIpc) is 3.30. The first-order chi connectivity index (χ1) is 20.5. The number of aryl methyl sites for hydroxylation is 3. The van der Waals surface area contributed by atoms with Crippen LogP contribution in [0.3, 0.4) is 0 Å². The summed E-state index contributed by atoms with van der Waals surface area (Å²) >= 11 is 1.67. The van der Waals surface area contributed by atoms with Crippen molar-refractivity contribution in [3.63, 3.8) is 0 Å². The van der Waals surface area contributed by atoms with Gasteiger partial charge in [-0.25, -0.2) is 14.8 Å². The summed E-state index contributed by atoms with van der Waals surface area (Å²) < 4.78 is 17.4. The highest BCUT2D eigenvalue weighted by molar-refractivity contribution is 7.19. The molecular weight excluding hydrogens is 566 g/mol. The quantitative estimate of drug-likeness (QED) is 0.411. The van der Waals surface area contributed by atoms with Crippen molar-refractivity contribution in [2.24, 2.45) is 5.92 Å². The lowest BCUT2D eigenvalue weighted by molar-refractivity contribution is -0.143. The number of rotatable bonds is 5. The van der Waals surface area contributed by atoms with Crippen LogP contribution in [0.5, 0.6) is 5.75 Å². The molecule has 1 aromatic carbocycles. The molecule has 230 valence electrons. The van der Waals surface area contributed by atoms with Crippen LogP contribution in [0.2, 0.25) is 0 Å². The Labute approximate surface area is 256 Å². The first-order valence-electron chi connectivity index (χ1n) is 15.1. The zero-order valence-corrected chi connectivity index (χ0v) is 26.7. The minimum absolute atomic E-state index is 0.0204. The van der Waals surface area contributed by atoms with E-state index in [2.05, 4.69) is 42.1 Å². The summed E-state index contributed by atoms with van der Waals surface area (Å²) in [6.07, 6.45) is 3.50. The van der Waals surface area contributed by atoms with Crippen molar-refractivity contribution in [1.82, 2.24) is 19.8 Å². The summed E-state index contributed by atoms with van der Waals surface area (Å²) in [5.41, 5.74) is 3.78. The summed E-state index contributed by atoms with van der Waals surface area (Å²) in [6, 6.07) is 4.24. The zero-order valence-electron chi connectivity index (χ0n) is 25.9. The fraction of sp³-hybridized carbons (Fsp3) is 0.562. The van der Waals surface area contributed by atoms with Gasteiger partial charge in [0.05, 0.1) is 43.4 Å². The standard InChI is InChI=1S/C32H41N5O5S/c1-18-11-24(25(12-19(18)2)41-22-14-36(15-22)31(39)42-32(4,5)6)35-28-27-23-8-7-21(13-26(23)43-29(27)34-17-33-28)30(38)37-9-10-40-16-20(37)3/h11-12,17,20-22H,7-10,13-16H2,1-6H3,(H,33,34,35). The van der Waals surface area contributed by atoms with E-state index in [-0.39, 0.29) is 30.1 Å². The Bertz CT molecular complexity index is 1540. The number of benzene rings is 1. The first-order valence-corrected chi connectivity index (χ1v) is 15.9. The zero-order chi connectivity index (χ0) is 30.5. The Morgan fingerprint density at radius 1 is 1.14 bits per heavy atom. The van der Waals surface area contributed by atoms with Gasteiger partial charge in [0.15, 0.2) is 0 Å². The Kier molecular flexibility index (Phi) is 7.97. The molecular formula is C32H41N5O5S. The number of nitrogens with zero attached hydrogens (tertiary/aromatic N) is 4. The molecule has 2 aromatic heterocycles. The van der Waals surface area contributed by atoms with E-state index in [4.69, 9.17) is 14.2 Å². The number of fused-ring (bicyclic) bond motifs is 3. The molecule has 10 nitrogen and oxygen atoms in total. The lowest BCUT2D eigenvalue weighted by Gasteiger charge is -2.39. The van der Waals surface area contributed by atoms with Crippen molar-refractivity contribution in [2.45, 2.75) is 78.6 Å². The molecule has 11 heteroatoms. The molecule has 3 aliphatic rings. The molecule has 0 bridgehead atoms. The number of ether oxygens (including phenoxy) is 3. The second-order valence-corrected chi connectivity index (χ2v) is 14.1. The maximum Gasteiger partial charge on any atom is 0.410 e. The molecule has 2 saturated heterocycles. The topological polar surface area (TPSA) is 106 Å². The highest BCUT2D eigenvalue weighted by atomic mass is 32.1. The maximum absolute atomic E-state index is 13.4. The van der Waals surface area contributed by atoms with E-state index in [9.17, 15) is 9.59 Å². The van der Waals surface area contributed by atoms with Gasteiger partial charge in [-0.2, -0.15) is 0 Å². The smallest absolute Gasteiger partial charge is 0.410 e. The number of hydrogen-bond donors (Lipinski definition) is 1.